The fourth-order valence-corrected chi connectivity index (χ4v) is 5.84. The summed E-state index contributed by atoms with van der Waals surface area (Å²) >= 11 is 5.61. The number of azide groups is 1. The lowest BCUT2D eigenvalue weighted by Gasteiger charge is -2.31. The van der Waals surface area contributed by atoms with Crippen LogP contribution in [-0.4, -0.2) is 62.4 Å². The van der Waals surface area contributed by atoms with Crippen LogP contribution in [0, 0.1) is 0 Å². The van der Waals surface area contributed by atoms with Crippen LogP contribution in [-0.2, 0) is 30.6 Å². The Labute approximate surface area is 221 Å². The van der Waals surface area contributed by atoms with Gasteiger partial charge in [-0.05, 0) is 50.2 Å². The number of para-hydroxylation sites is 1. The number of hydrogen-bond acceptors (Lipinski definition) is 11. The second-order valence-electron chi connectivity index (χ2n) is 8.51. The molecule has 0 radical (unpaired) electrons. The van der Waals surface area contributed by atoms with Crippen LogP contribution in [0.4, 0.5) is 0 Å². The van der Waals surface area contributed by atoms with Gasteiger partial charge < -0.3 is 28.7 Å². The molecule has 1 aliphatic heterocycles. The van der Waals surface area contributed by atoms with Gasteiger partial charge in [0, 0.05) is 17.2 Å². The minimum atomic E-state index is -3.66. The summed E-state index contributed by atoms with van der Waals surface area (Å²) in [6.07, 6.45) is -4.60. The Balaban J connectivity index is 1.91. The molecule has 0 aliphatic carbocycles. The van der Waals surface area contributed by atoms with Crippen molar-refractivity contribution in [2.24, 2.45) is 5.11 Å². The van der Waals surface area contributed by atoms with Gasteiger partial charge in [-0.2, -0.15) is 0 Å². The Morgan fingerprint density at radius 2 is 2.00 bits per heavy atom. The number of rotatable bonds is 11. The second-order valence-corrected chi connectivity index (χ2v) is 11.6. The average Bonchev–Trinajstić information content (AvgIpc) is 3.09. The predicted molar refractivity (Wildman–Crippen MR) is 136 cm³/mol. The maximum Gasteiger partial charge on any atom is 0.330 e. The van der Waals surface area contributed by atoms with Crippen molar-refractivity contribution in [2.45, 2.75) is 57.1 Å². The molecule has 0 amide bonds. The zero-order valence-corrected chi connectivity index (χ0v) is 22.2. The van der Waals surface area contributed by atoms with E-state index in [1.165, 1.54) is 6.92 Å². The van der Waals surface area contributed by atoms with Crippen LogP contribution in [0.3, 0.4) is 0 Å². The molecule has 1 aliphatic rings. The zero-order chi connectivity index (χ0) is 28.1. The first-order chi connectivity index (χ1) is 17.9. The van der Waals surface area contributed by atoms with Crippen molar-refractivity contribution >= 4 is 24.4 Å². The van der Waals surface area contributed by atoms with E-state index >= 15 is 0 Å². The van der Waals surface area contributed by atoms with Crippen molar-refractivity contribution in [3.8, 4) is 5.75 Å². The van der Waals surface area contributed by atoms with Crippen molar-refractivity contribution in [1.29, 1.82) is 0 Å². The summed E-state index contributed by atoms with van der Waals surface area (Å²) in [5.74, 6) is -0.347. The van der Waals surface area contributed by atoms with E-state index in [2.05, 4.69) is 15.1 Å². The van der Waals surface area contributed by atoms with Gasteiger partial charge >= 0.3 is 18.3 Å². The summed E-state index contributed by atoms with van der Waals surface area (Å²) in [6, 6.07) is 8.30. The average molecular weight is 571 g/mol. The molecule has 38 heavy (non-hydrogen) atoms. The first-order valence-electron chi connectivity index (χ1n) is 11.3. The summed E-state index contributed by atoms with van der Waals surface area (Å²) in [7, 11) is 0. The summed E-state index contributed by atoms with van der Waals surface area (Å²) < 4.78 is 23.4. The number of esters is 1. The van der Waals surface area contributed by atoms with Crippen molar-refractivity contribution in [2.75, 3.05) is 6.61 Å². The minimum Gasteiger partial charge on any atom is -0.462 e. The highest BCUT2D eigenvalue weighted by molar-refractivity contribution is 8.09. The third-order valence-electron chi connectivity index (χ3n) is 5.21. The van der Waals surface area contributed by atoms with E-state index in [-0.39, 0.29) is 5.75 Å². The molecular formula is C21H27N6O9PS. The molecule has 2 heterocycles. The van der Waals surface area contributed by atoms with Crippen LogP contribution < -0.4 is 20.9 Å². The number of hydrogen-bond donors (Lipinski definition) is 4. The Bertz CT molecular complexity index is 1350. The van der Waals surface area contributed by atoms with E-state index in [1.807, 2.05) is 4.98 Å². The van der Waals surface area contributed by atoms with Gasteiger partial charge in [-0.3, -0.25) is 19.1 Å². The molecule has 4 N–H and O–H groups in total. The lowest BCUT2D eigenvalue weighted by Crippen LogP contribution is -2.45. The van der Waals surface area contributed by atoms with E-state index in [0.717, 1.165) is 16.8 Å². The molecule has 206 valence electrons. The van der Waals surface area contributed by atoms with Crippen LogP contribution in [0.5, 0.6) is 5.75 Å². The van der Waals surface area contributed by atoms with Gasteiger partial charge in [-0.1, -0.05) is 23.3 Å². The van der Waals surface area contributed by atoms with E-state index in [0.29, 0.717) is 0 Å². The summed E-state index contributed by atoms with van der Waals surface area (Å²) in [6.45, 7) is 0.420. The molecule has 3 rings (SSSR count). The minimum absolute atomic E-state index is 0.288. The normalized spacial score (nSPS) is 25.3. The molecule has 1 unspecified atom stereocenters. The summed E-state index contributed by atoms with van der Waals surface area (Å²) in [5, 5.41) is 27.7. The number of aromatic nitrogens is 2. The highest BCUT2D eigenvalue weighted by atomic mass is 32.5. The molecule has 6 atom stereocenters. The standard InChI is InChI=1S/C21H27N6O9PS/c1-12(2)34-19(31)13(3)24-37(38,36-14-7-5-4-6-8-14)33-11-21(25-26-22)17(30)16(29)18(35-21)27-10-9-15(28)23-20(27)32/h4-10,12-13,16-18,29-30H,11H2,1-3H3,(H,24,38)(H,23,28,32)/t13-,16-,17+,18-,21-,37?/m1/s1. The Morgan fingerprint density at radius 1 is 1.32 bits per heavy atom. The quantitative estimate of drug-likeness (QED) is 0.0986. The molecule has 15 nitrogen and oxygen atoms in total. The van der Waals surface area contributed by atoms with Crippen LogP contribution in [0.25, 0.3) is 10.4 Å². The van der Waals surface area contributed by atoms with Gasteiger partial charge in [-0.15, -0.1) is 0 Å². The lowest BCUT2D eigenvalue weighted by atomic mass is 10.1. The maximum absolute atomic E-state index is 12.4. The molecule has 1 saturated heterocycles. The molecule has 0 saturated carbocycles. The number of benzene rings is 1. The Hall–Kier alpha value is -3.07. The van der Waals surface area contributed by atoms with Gasteiger partial charge in [0.15, 0.2) is 6.23 Å². The van der Waals surface area contributed by atoms with Crippen molar-refractivity contribution < 1.29 is 33.5 Å². The number of aliphatic hydroxyl groups is 2. The lowest BCUT2D eigenvalue weighted by molar-refractivity contribution is -0.149. The van der Waals surface area contributed by atoms with Crippen molar-refractivity contribution in [3.63, 3.8) is 0 Å². The summed E-state index contributed by atoms with van der Waals surface area (Å²) in [5.41, 5.74) is 5.29. The molecule has 0 spiro atoms. The first kappa shape index (κ1) is 29.5. The smallest absolute Gasteiger partial charge is 0.330 e. The molecule has 0 bridgehead atoms. The topological polar surface area (TPSA) is 210 Å². The van der Waals surface area contributed by atoms with Gasteiger partial charge in [0.2, 0.25) is 5.72 Å². The predicted octanol–water partition coefficient (Wildman–Crippen LogP) is 1.04. The van der Waals surface area contributed by atoms with E-state index < -0.39 is 66.8 Å². The Kier molecular flexibility index (Phi) is 9.46. The third-order valence-corrected chi connectivity index (χ3v) is 7.69. The molecule has 17 heteroatoms. The SMILES string of the molecule is CC(C)OC(=O)[C@@H](C)NP(=S)(OC[C@@]1(N=[N+]=[N-])O[C@@H](n2ccc(=O)[nH]c2=O)[C@H](O)[C@@H]1O)Oc1ccccc1. The van der Waals surface area contributed by atoms with Crippen LogP contribution >= 0.6 is 6.64 Å². The largest absolute Gasteiger partial charge is 0.462 e. The number of carbonyl (C=O) groups is 1. The molecule has 1 fully saturated rings. The Morgan fingerprint density at radius 3 is 2.61 bits per heavy atom. The number of ether oxygens (including phenoxy) is 2. The van der Waals surface area contributed by atoms with Gasteiger partial charge in [-0.25, -0.2) is 9.88 Å². The fourth-order valence-electron chi connectivity index (χ4n) is 3.44. The summed E-state index contributed by atoms with van der Waals surface area (Å²) in [4.78, 5) is 40.8. The number of carbonyl (C=O) groups excluding carboxylic acids is 1. The van der Waals surface area contributed by atoms with E-state index in [1.54, 1.807) is 44.2 Å². The molecule has 1 aromatic carbocycles. The monoisotopic (exact) mass is 570 g/mol. The maximum atomic E-state index is 12.4. The fraction of sp³-hybridized carbons (Fsp3) is 0.476. The third kappa shape index (κ3) is 6.87. The second kappa shape index (κ2) is 12.2. The number of H-pyrrole nitrogens is 1. The molecular weight excluding hydrogens is 543 g/mol. The van der Waals surface area contributed by atoms with Crippen LogP contribution in [0.15, 0.2) is 57.3 Å². The zero-order valence-electron chi connectivity index (χ0n) is 20.5. The van der Waals surface area contributed by atoms with Gasteiger partial charge in [0.25, 0.3) is 5.56 Å². The molecule has 2 aromatic rings. The van der Waals surface area contributed by atoms with Gasteiger partial charge in [0.1, 0.15) is 24.0 Å². The van der Waals surface area contributed by atoms with Gasteiger partial charge in [0.05, 0.1) is 12.7 Å². The number of aliphatic hydroxyl groups excluding tert-OH is 2. The number of nitrogens with zero attached hydrogens (tertiary/aromatic N) is 4. The van der Waals surface area contributed by atoms with E-state index in [4.69, 9.17) is 30.3 Å². The highest BCUT2D eigenvalue weighted by Crippen LogP contribution is 2.48. The first-order valence-corrected chi connectivity index (χ1v) is 13.9. The molecule has 1 aromatic heterocycles. The highest BCUT2D eigenvalue weighted by Gasteiger charge is 2.56. The van der Waals surface area contributed by atoms with Crippen LogP contribution in [0.1, 0.15) is 27.0 Å². The number of nitrogens with one attached hydrogen (secondary N) is 2. The van der Waals surface area contributed by atoms with Crippen molar-refractivity contribution in [1.82, 2.24) is 14.6 Å². The van der Waals surface area contributed by atoms with Crippen molar-refractivity contribution in [3.05, 3.63) is 73.9 Å². The number of aromatic amines is 1. The van der Waals surface area contributed by atoms with Crippen LogP contribution in [0.2, 0.25) is 0 Å². The van der Waals surface area contributed by atoms with E-state index in [9.17, 15) is 30.1 Å².